The van der Waals surface area contributed by atoms with E-state index >= 15 is 0 Å². The summed E-state index contributed by atoms with van der Waals surface area (Å²) in [6.45, 7) is 12.1. The van der Waals surface area contributed by atoms with Gasteiger partial charge in [-0.05, 0) is 43.0 Å². The average Bonchev–Trinajstić information content (AvgIpc) is 3.46. The number of ether oxygens (including phenoxy) is 3. The predicted molar refractivity (Wildman–Crippen MR) is 146 cm³/mol. The number of methoxy groups -OCH3 is 1. The van der Waals surface area contributed by atoms with E-state index < -0.39 is 81.6 Å². The topological polar surface area (TPSA) is 156 Å². The number of hydrogen-bond donors (Lipinski definition) is 4. The number of ketones is 1. The molecule has 1 aromatic heterocycles. The third-order valence-corrected chi connectivity index (χ3v) is 12.1. The Morgan fingerprint density at radius 1 is 1.17 bits per heavy atom. The molecule has 4 N–H and O–H groups in total. The predicted octanol–water partition coefficient (Wildman–Crippen LogP) is 2.27. The van der Waals surface area contributed by atoms with E-state index in [4.69, 9.17) is 18.6 Å². The second kappa shape index (κ2) is 9.46. The summed E-state index contributed by atoms with van der Waals surface area (Å²) in [4.78, 5) is 27.8. The van der Waals surface area contributed by atoms with Gasteiger partial charge >= 0.3 is 5.97 Å². The van der Waals surface area contributed by atoms with Gasteiger partial charge in [-0.3, -0.25) is 4.79 Å². The zero-order valence-electron chi connectivity index (χ0n) is 25.1. The Bertz CT molecular complexity index is 1250. The van der Waals surface area contributed by atoms with Crippen LogP contribution in [0.3, 0.4) is 0 Å². The largest absolute Gasteiger partial charge is 0.469 e. The average molecular weight is 577 g/mol. The van der Waals surface area contributed by atoms with Crippen molar-refractivity contribution < 1.29 is 48.6 Å². The quantitative estimate of drug-likeness (QED) is 0.303. The number of carbonyl (C=O) groups excluding carboxylic acids is 2. The second-order valence-corrected chi connectivity index (χ2v) is 13.6. The second-order valence-electron chi connectivity index (χ2n) is 13.6. The summed E-state index contributed by atoms with van der Waals surface area (Å²) in [6.07, 6.45) is -3.93. The van der Waals surface area contributed by atoms with Gasteiger partial charge in [0.25, 0.3) is 0 Å². The van der Waals surface area contributed by atoms with E-state index in [1.165, 1.54) is 13.4 Å². The molecule has 10 heteroatoms. The molecule has 1 aliphatic heterocycles. The highest BCUT2D eigenvalue weighted by Gasteiger charge is 2.79. The van der Waals surface area contributed by atoms with Crippen LogP contribution < -0.4 is 0 Å². The molecule has 7 unspecified atom stereocenters. The Morgan fingerprint density at radius 3 is 2.37 bits per heavy atom. The van der Waals surface area contributed by atoms with E-state index in [9.17, 15) is 30.0 Å². The van der Waals surface area contributed by atoms with Crippen LogP contribution in [0.2, 0.25) is 0 Å². The van der Waals surface area contributed by atoms with Gasteiger partial charge in [-0.25, -0.2) is 4.79 Å². The Morgan fingerprint density at radius 2 is 1.83 bits per heavy atom. The lowest BCUT2D eigenvalue weighted by atomic mass is 9.36. The lowest BCUT2D eigenvalue weighted by Gasteiger charge is -2.72. The smallest absolute Gasteiger partial charge is 0.336 e. The van der Waals surface area contributed by atoms with Gasteiger partial charge in [-0.1, -0.05) is 34.6 Å². The Kier molecular flexibility index (Phi) is 7.01. The van der Waals surface area contributed by atoms with E-state index in [-0.39, 0.29) is 25.0 Å². The number of fused-ring (bicyclic) bond motifs is 5. The van der Waals surface area contributed by atoms with Crippen LogP contribution in [0.4, 0.5) is 0 Å². The molecule has 2 heterocycles. The van der Waals surface area contributed by atoms with E-state index in [1.807, 2.05) is 0 Å². The Labute approximate surface area is 240 Å². The molecule has 41 heavy (non-hydrogen) atoms. The first-order chi connectivity index (χ1) is 18.9. The number of aliphatic hydroxyl groups excluding tert-OH is 2. The Hall–Kier alpha value is -2.08. The monoisotopic (exact) mass is 576 g/mol. The van der Waals surface area contributed by atoms with Crippen LogP contribution in [0.15, 0.2) is 34.0 Å². The van der Waals surface area contributed by atoms with Crippen molar-refractivity contribution in [1.29, 1.82) is 0 Å². The summed E-state index contributed by atoms with van der Waals surface area (Å²) in [5.74, 6) is -2.49. The highest BCUT2D eigenvalue weighted by atomic mass is 16.6. The summed E-state index contributed by atoms with van der Waals surface area (Å²) < 4.78 is 22.8. The maximum atomic E-state index is 14.5. The van der Waals surface area contributed by atoms with Gasteiger partial charge in [0.1, 0.15) is 23.6 Å². The lowest BCUT2D eigenvalue weighted by molar-refractivity contribution is -0.373. The highest BCUT2D eigenvalue weighted by Crippen LogP contribution is 2.70. The number of esters is 1. The Balaban J connectivity index is 1.63. The standard InChI is InChI=1S/C31H44O10/c1-15-19(41-26(35)23(32)16(2)18-10-9-11-39-18)13-30(36)17(3)29(7)28(6,25(34)24(33)22(15)27(30,4)5)20(38-8)12-21-31(29,37)14-40-21/h9-11,16-17,19-21,23-24,32-33,36-37H,12-14H2,1-8H3/t16-,17-,19?,20?,21?,23?,24?,28-,29?,30?,31-/m0/s1. The van der Waals surface area contributed by atoms with Crippen LogP contribution in [0, 0.1) is 22.2 Å². The summed E-state index contributed by atoms with van der Waals surface area (Å²) in [6, 6.07) is 3.31. The molecule has 0 spiro atoms. The fourth-order valence-electron chi connectivity index (χ4n) is 8.90. The number of Topliss-reactive ketones (excluding diaryl/α,β-unsaturated/α-hetero) is 1. The molecular weight excluding hydrogens is 532 g/mol. The zero-order valence-corrected chi connectivity index (χ0v) is 25.1. The SMILES string of the molecule is COC1CC2OC[C@@]2(O)C2(C)[C@H](C)C3(O)CC(OC(=O)C(O)[C@@H](C)c4ccco4)C(C)=C(C(O)C(=O)[C@]12C)C3(C)C. The van der Waals surface area contributed by atoms with Crippen molar-refractivity contribution in [2.24, 2.45) is 22.2 Å². The number of hydrogen-bond acceptors (Lipinski definition) is 10. The van der Waals surface area contributed by atoms with Gasteiger partial charge in [-0.2, -0.15) is 0 Å². The lowest BCUT2D eigenvalue weighted by Crippen LogP contribution is -2.83. The van der Waals surface area contributed by atoms with Crippen LogP contribution in [0.25, 0.3) is 0 Å². The fraction of sp³-hybridized carbons (Fsp3) is 0.742. The minimum atomic E-state index is -1.67. The molecule has 5 rings (SSSR count). The van der Waals surface area contributed by atoms with Gasteiger partial charge in [0.05, 0.1) is 42.0 Å². The minimum Gasteiger partial charge on any atom is -0.469 e. The fourth-order valence-corrected chi connectivity index (χ4v) is 8.90. The third kappa shape index (κ3) is 3.58. The molecule has 228 valence electrons. The first-order valence-electron chi connectivity index (χ1n) is 14.4. The van der Waals surface area contributed by atoms with Crippen molar-refractivity contribution in [3.8, 4) is 0 Å². The van der Waals surface area contributed by atoms with Gasteiger partial charge in [0, 0.05) is 30.8 Å². The number of aliphatic hydroxyl groups is 4. The highest BCUT2D eigenvalue weighted by molar-refractivity contribution is 5.94. The molecule has 1 aromatic rings. The minimum absolute atomic E-state index is 0.0264. The van der Waals surface area contributed by atoms with E-state index in [0.717, 1.165) is 0 Å². The van der Waals surface area contributed by atoms with Gasteiger partial charge in [0.15, 0.2) is 11.9 Å². The van der Waals surface area contributed by atoms with Gasteiger partial charge in [-0.15, -0.1) is 0 Å². The maximum Gasteiger partial charge on any atom is 0.336 e. The molecule has 2 saturated carbocycles. The van der Waals surface area contributed by atoms with Crippen molar-refractivity contribution in [1.82, 2.24) is 0 Å². The third-order valence-electron chi connectivity index (χ3n) is 12.1. The molecule has 0 aromatic carbocycles. The zero-order chi connectivity index (χ0) is 30.5. The molecule has 10 nitrogen and oxygen atoms in total. The molecule has 4 aliphatic rings. The van der Waals surface area contributed by atoms with Crippen LogP contribution in [-0.4, -0.2) is 87.6 Å². The van der Waals surface area contributed by atoms with Crippen molar-refractivity contribution in [2.45, 2.75) is 109 Å². The maximum absolute atomic E-state index is 14.5. The molecule has 0 radical (unpaired) electrons. The summed E-state index contributed by atoms with van der Waals surface area (Å²) in [7, 11) is 1.50. The molecule has 0 amide bonds. The summed E-state index contributed by atoms with van der Waals surface area (Å²) >= 11 is 0. The van der Waals surface area contributed by atoms with Crippen LogP contribution in [-0.2, 0) is 23.8 Å². The summed E-state index contributed by atoms with van der Waals surface area (Å²) in [5, 5.41) is 47.6. The van der Waals surface area contributed by atoms with E-state index in [2.05, 4.69) is 0 Å². The number of rotatable bonds is 5. The molecular formula is C31H44O10. The van der Waals surface area contributed by atoms with Crippen LogP contribution >= 0.6 is 0 Å². The molecule has 3 fully saturated rings. The van der Waals surface area contributed by atoms with Crippen molar-refractivity contribution >= 4 is 11.8 Å². The number of carbonyl (C=O) groups is 2. The molecule has 2 bridgehead atoms. The molecule has 3 aliphatic carbocycles. The van der Waals surface area contributed by atoms with E-state index in [1.54, 1.807) is 60.6 Å². The first kappa shape index (κ1) is 30.4. The normalized spacial score (nSPS) is 45.0. The van der Waals surface area contributed by atoms with Crippen molar-refractivity contribution in [3.63, 3.8) is 0 Å². The first-order valence-corrected chi connectivity index (χ1v) is 14.4. The van der Waals surface area contributed by atoms with Crippen LogP contribution in [0.5, 0.6) is 0 Å². The van der Waals surface area contributed by atoms with Gasteiger partial charge < -0.3 is 39.1 Å². The molecule has 11 atom stereocenters. The molecule has 1 saturated heterocycles. The van der Waals surface area contributed by atoms with E-state index in [0.29, 0.717) is 11.3 Å². The van der Waals surface area contributed by atoms with Gasteiger partial charge in [0.2, 0.25) is 0 Å². The van der Waals surface area contributed by atoms with Crippen molar-refractivity contribution in [3.05, 3.63) is 35.3 Å². The van der Waals surface area contributed by atoms with Crippen molar-refractivity contribution in [2.75, 3.05) is 13.7 Å². The number of furan rings is 1. The summed E-state index contributed by atoms with van der Waals surface area (Å²) in [5.41, 5.74) is -6.31. The van der Waals surface area contributed by atoms with Crippen LogP contribution in [0.1, 0.15) is 73.0 Å².